The highest BCUT2D eigenvalue weighted by Crippen LogP contribution is 2.40. The van der Waals surface area contributed by atoms with Crippen molar-refractivity contribution in [3.8, 4) is 22.6 Å². The monoisotopic (exact) mass is 307 g/mol. The van der Waals surface area contributed by atoms with Crippen LogP contribution in [0.4, 0.5) is 0 Å². The van der Waals surface area contributed by atoms with Gasteiger partial charge in [0, 0.05) is 17.5 Å². The van der Waals surface area contributed by atoms with Crippen molar-refractivity contribution in [2.45, 2.75) is 20.1 Å². The number of hydrogen-bond donors (Lipinski definition) is 0. The maximum absolute atomic E-state index is 13.0. The average Bonchev–Trinajstić information content (AvgIpc) is 2.61. The molecule has 1 aliphatic heterocycles. The Balaban J connectivity index is 2.11. The minimum atomic E-state index is -0.00711. The molecule has 0 atom stereocenters. The number of methoxy groups -OCH3 is 1. The van der Waals surface area contributed by atoms with Crippen molar-refractivity contribution in [3.05, 3.63) is 58.4 Å². The number of fused-ring (bicyclic) bond motifs is 5. The molecule has 0 saturated carbocycles. The van der Waals surface area contributed by atoms with E-state index in [2.05, 4.69) is 0 Å². The van der Waals surface area contributed by atoms with Crippen molar-refractivity contribution in [1.82, 2.24) is 4.57 Å². The van der Waals surface area contributed by atoms with E-state index in [1.807, 2.05) is 49.4 Å². The summed E-state index contributed by atoms with van der Waals surface area (Å²) >= 11 is 0. The highest BCUT2D eigenvalue weighted by Gasteiger charge is 2.25. The molecule has 1 aliphatic rings. The van der Waals surface area contributed by atoms with E-state index in [-0.39, 0.29) is 5.56 Å². The van der Waals surface area contributed by atoms with Crippen LogP contribution in [0.1, 0.15) is 12.5 Å². The van der Waals surface area contributed by atoms with Crippen LogP contribution in [0.5, 0.6) is 11.5 Å². The SMILES string of the molecule is CCn1c(=O)c2c(c3ccccc31)OCc1cc(OC)ccc1-2. The van der Waals surface area contributed by atoms with E-state index in [0.29, 0.717) is 24.5 Å². The van der Waals surface area contributed by atoms with Crippen LogP contribution >= 0.6 is 0 Å². The number of hydrogen-bond acceptors (Lipinski definition) is 3. The van der Waals surface area contributed by atoms with Crippen molar-refractivity contribution < 1.29 is 9.47 Å². The zero-order valence-electron chi connectivity index (χ0n) is 13.1. The van der Waals surface area contributed by atoms with Crippen LogP contribution in [0.15, 0.2) is 47.3 Å². The third-order valence-corrected chi connectivity index (χ3v) is 4.40. The van der Waals surface area contributed by atoms with Crippen LogP contribution in [-0.4, -0.2) is 11.7 Å². The summed E-state index contributed by atoms with van der Waals surface area (Å²) in [5.41, 5.74) is 3.47. The summed E-state index contributed by atoms with van der Waals surface area (Å²) in [6.07, 6.45) is 0. The van der Waals surface area contributed by atoms with E-state index < -0.39 is 0 Å². The van der Waals surface area contributed by atoms with Gasteiger partial charge < -0.3 is 14.0 Å². The number of aryl methyl sites for hydroxylation is 1. The first kappa shape index (κ1) is 13.9. The molecule has 0 N–H and O–H groups in total. The molecule has 23 heavy (non-hydrogen) atoms. The Morgan fingerprint density at radius 2 is 2.04 bits per heavy atom. The predicted molar refractivity (Wildman–Crippen MR) is 90.2 cm³/mol. The molecule has 0 bridgehead atoms. The molecule has 0 aliphatic carbocycles. The Labute approximate surface area is 133 Å². The van der Waals surface area contributed by atoms with Crippen LogP contribution in [0, 0.1) is 0 Å². The zero-order chi connectivity index (χ0) is 16.0. The first-order chi connectivity index (χ1) is 11.2. The Kier molecular flexibility index (Phi) is 3.11. The second-order valence-electron chi connectivity index (χ2n) is 5.58. The smallest absolute Gasteiger partial charge is 0.262 e. The van der Waals surface area contributed by atoms with Crippen LogP contribution in [0.3, 0.4) is 0 Å². The fourth-order valence-electron chi connectivity index (χ4n) is 3.29. The fraction of sp³-hybridized carbons (Fsp3) is 0.211. The highest BCUT2D eigenvalue weighted by atomic mass is 16.5. The molecule has 0 spiro atoms. The number of aromatic nitrogens is 1. The van der Waals surface area contributed by atoms with Gasteiger partial charge in [-0.1, -0.05) is 12.1 Å². The molecule has 1 aromatic heterocycles. The van der Waals surface area contributed by atoms with Gasteiger partial charge in [0.25, 0.3) is 5.56 Å². The lowest BCUT2D eigenvalue weighted by Gasteiger charge is -2.24. The summed E-state index contributed by atoms with van der Waals surface area (Å²) in [5, 5.41) is 0.977. The first-order valence-electron chi connectivity index (χ1n) is 7.70. The van der Waals surface area contributed by atoms with E-state index in [1.165, 1.54) is 0 Å². The first-order valence-corrected chi connectivity index (χ1v) is 7.70. The minimum absolute atomic E-state index is 0.00711. The van der Waals surface area contributed by atoms with Gasteiger partial charge in [0.1, 0.15) is 18.1 Å². The standard InChI is InChI=1S/C19H17NO3/c1-3-20-16-7-5-4-6-15(16)18-17(19(20)21)14-9-8-13(22-2)10-12(14)11-23-18/h4-10H,3,11H2,1-2H3. The molecule has 0 unspecified atom stereocenters. The molecular formula is C19H17NO3. The number of benzene rings is 2. The normalized spacial score (nSPS) is 12.4. The molecule has 2 aromatic carbocycles. The second kappa shape index (κ2) is 5.16. The van der Waals surface area contributed by atoms with Crippen LogP contribution in [-0.2, 0) is 13.2 Å². The Morgan fingerprint density at radius 1 is 1.22 bits per heavy atom. The van der Waals surface area contributed by atoms with Gasteiger partial charge in [-0.15, -0.1) is 0 Å². The molecular weight excluding hydrogens is 290 g/mol. The van der Waals surface area contributed by atoms with Crippen molar-refractivity contribution in [2.75, 3.05) is 7.11 Å². The molecule has 0 amide bonds. The van der Waals surface area contributed by atoms with Crippen LogP contribution in [0.25, 0.3) is 22.0 Å². The number of rotatable bonds is 2. The number of pyridine rings is 1. The predicted octanol–water partition coefficient (Wildman–Crippen LogP) is 3.59. The van der Waals surface area contributed by atoms with Crippen molar-refractivity contribution in [1.29, 1.82) is 0 Å². The minimum Gasteiger partial charge on any atom is -0.497 e. The topological polar surface area (TPSA) is 40.5 Å². The largest absolute Gasteiger partial charge is 0.497 e. The summed E-state index contributed by atoms with van der Waals surface area (Å²) < 4.78 is 13.1. The molecule has 4 rings (SSSR count). The van der Waals surface area contributed by atoms with Gasteiger partial charge in [-0.3, -0.25) is 4.79 Å². The highest BCUT2D eigenvalue weighted by molar-refractivity contribution is 5.93. The van der Waals surface area contributed by atoms with Gasteiger partial charge in [-0.2, -0.15) is 0 Å². The zero-order valence-corrected chi connectivity index (χ0v) is 13.1. The molecule has 0 fully saturated rings. The quantitative estimate of drug-likeness (QED) is 0.726. The summed E-state index contributed by atoms with van der Waals surface area (Å²) in [6, 6.07) is 13.7. The van der Waals surface area contributed by atoms with Gasteiger partial charge in [-0.05, 0) is 42.8 Å². The molecule has 116 valence electrons. The summed E-state index contributed by atoms with van der Waals surface area (Å²) in [5.74, 6) is 1.46. The van der Waals surface area contributed by atoms with Crippen molar-refractivity contribution >= 4 is 10.9 Å². The van der Waals surface area contributed by atoms with E-state index in [1.54, 1.807) is 11.7 Å². The molecule has 4 nitrogen and oxygen atoms in total. The Morgan fingerprint density at radius 3 is 2.83 bits per heavy atom. The number of nitrogens with zero attached hydrogens (tertiary/aromatic N) is 1. The molecule has 4 heteroatoms. The van der Waals surface area contributed by atoms with Gasteiger partial charge in [0.2, 0.25) is 0 Å². The maximum atomic E-state index is 13.0. The van der Waals surface area contributed by atoms with Gasteiger partial charge in [0.05, 0.1) is 18.2 Å². The lowest BCUT2D eigenvalue weighted by molar-refractivity contribution is 0.304. The lowest BCUT2D eigenvalue weighted by Crippen LogP contribution is -2.24. The number of ether oxygens (including phenoxy) is 2. The van der Waals surface area contributed by atoms with E-state index in [0.717, 1.165) is 27.8 Å². The van der Waals surface area contributed by atoms with E-state index in [4.69, 9.17) is 9.47 Å². The van der Waals surface area contributed by atoms with Gasteiger partial charge >= 0.3 is 0 Å². The lowest BCUT2D eigenvalue weighted by atomic mass is 9.96. The molecule has 2 heterocycles. The Hall–Kier alpha value is -2.75. The maximum Gasteiger partial charge on any atom is 0.262 e. The van der Waals surface area contributed by atoms with Crippen LogP contribution < -0.4 is 15.0 Å². The van der Waals surface area contributed by atoms with E-state index >= 15 is 0 Å². The van der Waals surface area contributed by atoms with Crippen LogP contribution in [0.2, 0.25) is 0 Å². The fourth-order valence-corrected chi connectivity index (χ4v) is 3.29. The summed E-state index contributed by atoms with van der Waals surface area (Å²) in [7, 11) is 1.64. The third kappa shape index (κ3) is 1.95. The summed E-state index contributed by atoms with van der Waals surface area (Å²) in [4.78, 5) is 13.0. The van der Waals surface area contributed by atoms with Gasteiger partial charge in [-0.25, -0.2) is 0 Å². The third-order valence-electron chi connectivity index (χ3n) is 4.40. The average molecular weight is 307 g/mol. The van der Waals surface area contributed by atoms with Gasteiger partial charge in [0.15, 0.2) is 0 Å². The molecule has 0 radical (unpaired) electrons. The van der Waals surface area contributed by atoms with Crippen molar-refractivity contribution in [2.24, 2.45) is 0 Å². The van der Waals surface area contributed by atoms with Crippen molar-refractivity contribution in [3.63, 3.8) is 0 Å². The molecule has 3 aromatic rings. The second-order valence-corrected chi connectivity index (χ2v) is 5.58. The Bertz CT molecular complexity index is 972. The number of para-hydroxylation sites is 1. The molecule has 0 saturated heterocycles. The van der Waals surface area contributed by atoms with E-state index in [9.17, 15) is 4.79 Å². The summed E-state index contributed by atoms with van der Waals surface area (Å²) in [6.45, 7) is 3.05.